The van der Waals surface area contributed by atoms with E-state index in [9.17, 15) is 14.9 Å². The van der Waals surface area contributed by atoms with Gasteiger partial charge in [0, 0.05) is 29.2 Å². The molecule has 2 aromatic heterocycles. The van der Waals surface area contributed by atoms with Crippen molar-refractivity contribution in [3.05, 3.63) is 87.9 Å². The molecule has 0 atom stereocenters. The topological polar surface area (TPSA) is 107 Å². The number of carbonyl (C=O) groups is 1. The highest BCUT2D eigenvalue weighted by Gasteiger charge is 2.17. The summed E-state index contributed by atoms with van der Waals surface area (Å²) in [7, 11) is 0. The molecule has 1 aromatic carbocycles. The number of anilines is 1. The number of nitrogens with zero attached hydrogens (tertiary/aromatic N) is 3. The molecule has 1 amide bonds. The first-order valence-corrected chi connectivity index (χ1v) is 8.08. The summed E-state index contributed by atoms with van der Waals surface area (Å²) >= 11 is 0. The number of pyridine rings is 2. The van der Waals surface area contributed by atoms with Crippen LogP contribution in [0, 0.1) is 17.0 Å². The number of aromatic nitrogens is 2. The summed E-state index contributed by atoms with van der Waals surface area (Å²) in [5.41, 5.74) is 2.65. The molecule has 3 aromatic rings. The number of hydrogen-bond donors (Lipinski definition) is 1. The predicted octanol–water partition coefficient (Wildman–Crippen LogP) is 3.52. The molecule has 2 heterocycles. The van der Waals surface area contributed by atoms with Gasteiger partial charge in [-0.15, -0.1) is 0 Å². The molecule has 27 heavy (non-hydrogen) atoms. The van der Waals surface area contributed by atoms with Gasteiger partial charge in [-0.05, 0) is 52.7 Å². The van der Waals surface area contributed by atoms with E-state index < -0.39 is 4.92 Å². The molecule has 136 valence electrons. The van der Waals surface area contributed by atoms with Gasteiger partial charge in [0.05, 0.1) is 0 Å². The van der Waals surface area contributed by atoms with E-state index >= 15 is 0 Å². The van der Waals surface area contributed by atoms with E-state index in [2.05, 4.69) is 15.3 Å². The zero-order valence-electron chi connectivity index (χ0n) is 14.5. The van der Waals surface area contributed by atoms with Gasteiger partial charge in [-0.2, -0.15) is 0 Å². The van der Waals surface area contributed by atoms with Crippen LogP contribution in [0.25, 0.3) is 0 Å². The van der Waals surface area contributed by atoms with Gasteiger partial charge < -0.3 is 20.2 Å². The van der Waals surface area contributed by atoms with Gasteiger partial charge in [0.2, 0.25) is 5.75 Å². The lowest BCUT2D eigenvalue weighted by Gasteiger charge is -2.14. The van der Waals surface area contributed by atoms with E-state index in [0.717, 1.165) is 11.1 Å². The van der Waals surface area contributed by atoms with Crippen molar-refractivity contribution in [3.8, 4) is 5.75 Å². The number of carbonyl (C=O) groups excluding carboxylic acids is 1. The molecule has 8 nitrogen and oxygen atoms in total. The minimum Gasteiger partial charge on any atom is -0.481 e. The lowest BCUT2D eigenvalue weighted by molar-refractivity contribution is -0.390. The van der Waals surface area contributed by atoms with Crippen molar-refractivity contribution in [2.45, 2.75) is 13.5 Å². The highest BCUT2D eigenvalue weighted by atomic mass is 16.6. The summed E-state index contributed by atoms with van der Waals surface area (Å²) in [6, 6.07) is 11.7. The van der Waals surface area contributed by atoms with E-state index in [0.29, 0.717) is 11.3 Å². The molecular formula is C19H16N4O4. The number of aryl methyl sites for hydroxylation is 1. The quantitative estimate of drug-likeness (QED) is 0.530. The molecule has 0 spiro atoms. The summed E-state index contributed by atoms with van der Waals surface area (Å²) in [6.07, 6.45) is 4.41. The lowest BCUT2D eigenvalue weighted by atomic mass is 10.1. The molecule has 1 N–H and O–H groups in total. The van der Waals surface area contributed by atoms with Gasteiger partial charge in [0.1, 0.15) is 12.8 Å². The molecule has 0 aliphatic heterocycles. The molecule has 3 rings (SSSR count). The van der Waals surface area contributed by atoms with Crippen LogP contribution in [-0.4, -0.2) is 20.8 Å². The van der Waals surface area contributed by atoms with E-state index in [1.807, 2.05) is 19.1 Å². The first-order valence-electron chi connectivity index (χ1n) is 8.08. The largest absolute Gasteiger partial charge is 0.481 e. The number of amides is 1. The fourth-order valence-electron chi connectivity index (χ4n) is 2.49. The second-order valence-corrected chi connectivity index (χ2v) is 5.66. The van der Waals surface area contributed by atoms with Gasteiger partial charge in [-0.25, -0.2) is 0 Å². The van der Waals surface area contributed by atoms with Crippen molar-refractivity contribution in [1.29, 1.82) is 0 Å². The second kappa shape index (κ2) is 8.05. The van der Waals surface area contributed by atoms with Crippen molar-refractivity contribution in [1.82, 2.24) is 9.97 Å². The van der Waals surface area contributed by atoms with Crippen LogP contribution >= 0.6 is 0 Å². The predicted molar refractivity (Wildman–Crippen MR) is 98.6 cm³/mol. The Labute approximate surface area is 155 Å². The number of nitrogens with one attached hydrogen (secondary N) is 1. The molecule has 0 bridgehead atoms. The molecule has 0 saturated heterocycles. The maximum absolute atomic E-state index is 12.4. The minimum absolute atomic E-state index is 0.0468. The van der Waals surface area contributed by atoms with Crippen LogP contribution in [0.3, 0.4) is 0 Å². The third kappa shape index (κ3) is 4.24. The zero-order valence-corrected chi connectivity index (χ0v) is 14.5. The van der Waals surface area contributed by atoms with E-state index in [4.69, 9.17) is 4.74 Å². The fourth-order valence-corrected chi connectivity index (χ4v) is 2.49. The molecule has 0 saturated carbocycles. The molecule has 8 heteroatoms. The summed E-state index contributed by atoms with van der Waals surface area (Å²) < 4.78 is 5.63. The van der Waals surface area contributed by atoms with E-state index in [1.54, 1.807) is 24.3 Å². The Morgan fingerprint density at radius 3 is 2.67 bits per heavy atom. The lowest BCUT2D eigenvalue weighted by Crippen LogP contribution is -2.14. The third-order valence-corrected chi connectivity index (χ3v) is 3.90. The van der Waals surface area contributed by atoms with Crippen LogP contribution in [0.1, 0.15) is 21.5 Å². The molecule has 0 aliphatic carbocycles. The van der Waals surface area contributed by atoms with Gasteiger partial charge in [0.15, 0.2) is 0 Å². The summed E-state index contributed by atoms with van der Waals surface area (Å²) in [6.45, 7) is 1.92. The maximum atomic E-state index is 12.4. The monoisotopic (exact) mass is 364 g/mol. The number of hydrogen-bond acceptors (Lipinski definition) is 6. The first kappa shape index (κ1) is 18.0. The molecule has 0 aliphatic rings. The Balaban J connectivity index is 1.82. The standard InChI is InChI=1S/C19H16N4O4/c1-13-4-2-5-16(22-19(24)14-7-10-20-11-8-14)15(13)12-27-17-6-3-9-21-18(17)23(25)26/h2-11H,12H2,1H3,(H,22,24). The number of rotatable bonds is 6. The normalized spacial score (nSPS) is 10.3. The Morgan fingerprint density at radius 1 is 1.15 bits per heavy atom. The zero-order chi connectivity index (χ0) is 19.2. The highest BCUT2D eigenvalue weighted by Crippen LogP contribution is 2.27. The maximum Gasteiger partial charge on any atom is 0.406 e. The van der Waals surface area contributed by atoms with Crippen LogP contribution in [0.15, 0.2) is 61.1 Å². The molecular weight excluding hydrogens is 348 g/mol. The average Bonchev–Trinajstić information content (AvgIpc) is 2.68. The van der Waals surface area contributed by atoms with Gasteiger partial charge in [-0.1, -0.05) is 12.1 Å². The van der Waals surface area contributed by atoms with E-state index in [1.165, 1.54) is 24.7 Å². The Morgan fingerprint density at radius 2 is 1.93 bits per heavy atom. The van der Waals surface area contributed by atoms with Crippen LogP contribution in [0.2, 0.25) is 0 Å². The summed E-state index contributed by atoms with van der Waals surface area (Å²) in [5, 5.41) is 13.9. The smallest absolute Gasteiger partial charge is 0.406 e. The van der Waals surface area contributed by atoms with Crippen molar-refractivity contribution >= 4 is 17.4 Å². The molecule has 0 fully saturated rings. The number of ether oxygens (including phenoxy) is 1. The van der Waals surface area contributed by atoms with E-state index in [-0.39, 0.29) is 24.1 Å². The van der Waals surface area contributed by atoms with Crippen LogP contribution in [0.4, 0.5) is 11.5 Å². The SMILES string of the molecule is Cc1cccc(NC(=O)c2ccncc2)c1COc1cccnc1[N+](=O)[O-]. The fraction of sp³-hybridized carbons (Fsp3) is 0.105. The Hall–Kier alpha value is -3.81. The molecule has 0 unspecified atom stereocenters. The van der Waals surface area contributed by atoms with Gasteiger partial charge in [0.25, 0.3) is 5.91 Å². The van der Waals surface area contributed by atoms with Crippen LogP contribution in [0.5, 0.6) is 5.75 Å². The number of nitro groups is 1. The Bertz CT molecular complexity index is 976. The average molecular weight is 364 g/mol. The number of benzene rings is 1. The van der Waals surface area contributed by atoms with Crippen LogP contribution in [-0.2, 0) is 6.61 Å². The summed E-state index contributed by atoms with van der Waals surface area (Å²) in [4.78, 5) is 30.5. The third-order valence-electron chi connectivity index (χ3n) is 3.90. The van der Waals surface area contributed by atoms with Crippen molar-refractivity contribution in [2.24, 2.45) is 0 Å². The highest BCUT2D eigenvalue weighted by molar-refractivity contribution is 6.04. The summed E-state index contributed by atoms with van der Waals surface area (Å²) in [5.74, 6) is -0.567. The van der Waals surface area contributed by atoms with Gasteiger partial charge in [-0.3, -0.25) is 9.78 Å². The van der Waals surface area contributed by atoms with Crippen molar-refractivity contribution < 1.29 is 14.5 Å². The Kier molecular flexibility index (Phi) is 5.36. The minimum atomic E-state index is -0.598. The second-order valence-electron chi connectivity index (χ2n) is 5.66. The molecule has 0 radical (unpaired) electrons. The first-order chi connectivity index (χ1) is 13.1. The van der Waals surface area contributed by atoms with Crippen molar-refractivity contribution in [2.75, 3.05) is 5.32 Å². The van der Waals surface area contributed by atoms with Crippen molar-refractivity contribution in [3.63, 3.8) is 0 Å². The van der Waals surface area contributed by atoms with Gasteiger partial charge >= 0.3 is 5.82 Å². The van der Waals surface area contributed by atoms with Crippen LogP contribution < -0.4 is 10.1 Å².